The van der Waals surface area contributed by atoms with E-state index in [4.69, 9.17) is 14.2 Å². The van der Waals surface area contributed by atoms with Gasteiger partial charge in [-0.25, -0.2) is 0 Å². The molecule has 0 N–H and O–H groups in total. The Morgan fingerprint density at radius 3 is 1.19 bits per heavy atom. The van der Waals surface area contributed by atoms with Crippen LogP contribution in [0.25, 0.3) is 0 Å². The zero-order chi connectivity index (χ0) is 26.2. The van der Waals surface area contributed by atoms with Gasteiger partial charge in [0.2, 0.25) is 0 Å². The fourth-order valence-corrected chi connectivity index (χ4v) is 7.09. The molecule has 214 valence electrons. The summed E-state index contributed by atoms with van der Waals surface area (Å²) in [5.74, 6) is 0. The number of rotatable bonds is 0. The summed E-state index contributed by atoms with van der Waals surface area (Å²) in [5, 5.41) is 0. The highest BCUT2D eigenvalue weighted by Gasteiger charge is 2.37. The van der Waals surface area contributed by atoms with Crippen molar-refractivity contribution in [2.45, 2.75) is 130 Å². The summed E-state index contributed by atoms with van der Waals surface area (Å²) in [7, 11) is 2.21. The maximum Gasteiger partial charge on any atom is 0.0524 e. The molecule has 6 aliphatic rings. The molecule has 4 heteroatoms. The van der Waals surface area contributed by atoms with Gasteiger partial charge >= 0.3 is 0 Å². The fraction of sp³-hybridized carbons (Fsp3) is 1.00. The second kappa shape index (κ2) is 17.4. The predicted octanol–water partition coefficient (Wildman–Crippen LogP) is 8.28. The number of hydrogen-bond donors (Lipinski definition) is 0. The van der Waals surface area contributed by atoms with E-state index < -0.39 is 0 Å². The van der Waals surface area contributed by atoms with Crippen LogP contribution in [-0.2, 0) is 14.2 Å². The second-order valence-electron chi connectivity index (χ2n) is 12.1. The summed E-state index contributed by atoms with van der Waals surface area (Å²) >= 11 is 0. The molecule has 0 unspecified atom stereocenters. The van der Waals surface area contributed by atoms with E-state index in [0.717, 1.165) is 45.1 Å². The standard InChI is InChI=1S/C10H18O.C9H17NO.C9H16O.2C2H6/c1-2-4-10(5-3-1)6-8-11-9-7-10;1-10-5-2-9(3-6-10)4-7-11-8-9;1-2-4-9(5-3-1)6-7-10-8-9;2*1-2/h1-9H2;2-8H2,1H3;1-8H2;2*1-2H3. The molecule has 3 spiro atoms. The summed E-state index contributed by atoms with van der Waals surface area (Å²) < 4.78 is 16.3. The Balaban J connectivity index is 0.000000178. The molecule has 4 saturated heterocycles. The third kappa shape index (κ3) is 10.2. The van der Waals surface area contributed by atoms with Gasteiger partial charge < -0.3 is 19.1 Å². The number of hydrogen-bond acceptors (Lipinski definition) is 4. The summed E-state index contributed by atoms with van der Waals surface area (Å²) in [4.78, 5) is 2.42. The van der Waals surface area contributed by atoms with Crippen LogP contribution in [0.3, 0.4) is 0 Å². The Labute approximate surface area is 225 Å². The third-order valence-electron chi connectivity index (χ3n) is 9.80. The van der Waals surface area contributed by atoms with E-state index in [2.05, 4.69) is 11.9 Å². The first-order valence-corrected chi connectivity index (χ1v) is 16.1. The Bertz CT molecular complexity index is 490. The van der Waals surface area contributed by atoms with Gasteiger partial charge in [-0.3, -0.25) is 0 Å². The van der Waals surface area contributed by atoms with E-state index >= 15 is 0 Å². The van der Waals surface area contributed by atoms with E-state index in [0.29, 0.717) is 10.8 Å². The lowest BCUT2D eigenvalue weighted by Crippen LogP contribution is -2.38. The van der Waals surface area contributed by atoms with Crippen LogP contribution in [0.15, 0.2) is 0 Å². The van der Waals surface area contributed by atoms with Crippen molar-refractivity contribution in [1.29, 1.82) is 0 Å². The Morgan fingerprint density at radius 2 is 0.778 bits per heavy atom. The van der Waals surface area contributed by atoms with Gasteiger partial charge in [-0.05, 0) is 101 Å². The molecule has 2 saturated carbocycles. The van der Waals surface area contributed by atoms with Crippen molar-refractivity contribution < 1.29 is 14.2 Å². The zero-order valence-electron chi connectivity index (χ0n) is 25.1. The normalized spacial score (nSPS) is 27.9. The van der Waals surface area contributed by atoms with Crippen LogP contribution < -0.4 is 0 Å². The molecule has 0 atom stereocenters. The minimum absolute atomic E-state index is 0.590. The molecule has 4 heterocycles. The smallest absolute Gasteiger partial charge is 0.0524 e. The number of nitrogens with zero attached hydrogens (tertiary/aromatic N) is 1. The first-order chi connectivity index (χ1) is 17.6. The van der Waals surface area contributed by atoms with E-state index in [9.17, 15) is 0 Å². The molecular formula is C32H63NO3. The quantitative estimate of drug-likeness (QED) is 0.329. The molecule has 6 fully saturated rings. The van der Waals surface area contributed by atoms with Gasteiger partial charge in [-0.15, -0.1) is 0 Å². The van der Waals surface area contributed by atoms with Crippen molar-refractivity contribution in [3.8, 4) is 0 Å². The summed E-state index contributed by atoms with van der Waals surface area (Å²) in [5.41, 5.74) is 1.97. The first-order valence-electron chi connectivity index (χ1n) is 16.1. The Morgan fingerprint density at radius 1 is 0.417 bits per heavy atom. The van der Waals surface area contributed by atoms with Gasteiger partial charge in [-0.2, -0.15) is 0 Å². The lowest BCUT2D eigenvalue weighted by molar-refractivity contribution is -0.00473. The number of ether oxygens (including phenoxy) is 3. The van der Waals surface area contributed by atoms with Crippen LogP contribution in [0, 0.1) is 16.2 Å². The van der Waals surface area contributed by atoms with Crippen LogP contribution in [0.4, 0.5) is 0 Å². The van der Waals surface area contributed by atoms with Crippen molar-refractivity contribution >= 4 is 0 Å². The van der Waals surface area contributed by atoms with Crippen molar-refractivity contribution in [2.24, 2.45) is 16.2 Å². The van der Waals surface area contributed by atoms with Gasteiger partial charge in [-0.1, -0.05) is 66.2 Å². The van der Waals surface area contributed by atoms with Gasteiger partial charge in [0.25, 0.3) is 0 Å². The SMILES string of the molecule is C1CCC2(CC1)CCOC2.C1CCC2(CC1)CCOCC2.CC.CC.CN1CCC2(CCOC2)CC1. The lowest BCUT2D eigenvalue weighted by atomic mass is 9.69. The molecule has 0 amide bonds. The Hall–Kier alpha value is -0.160. The zero-order valence-corrected chi connectivity index (χ0v) is 25.1. The summed E-state index contributed by atoms with van der Waals surface area (Å²) in [6, 6.07) is 0. The topological polar surface area (TPSA) is 30.9 Å². The minimum atomic E-state index is 0.590. The van der Waals surface area contributed by atoms with Crippen LogP contribution >= 0.6 is 0 Å². The molecule has 0 bridgehead atoms. The maximum absolute atomic E-state index is 5.45. The van der Waals surface area contributed by atoms with Gasteiger partial charge in [0.1, 0.15) is 0 Å². The van der Waals surface area contributed by atoms with Crippen LogP contribution in [-0.4, -0.2) is 64.7 Å². The maximum atomic E-state index is 5.45. The van der Waals surface area contributed by atoms with Gasteiger partial charge in [0, 0.05) is 26.4 Å². The number of likely N-dealkylation sites (tertiary alicyclic amines) is 1. The van der Waals surface area contributed by atoms with Crippen molar-refractivity contribution in [3.05, 3.63) is 0 Å². The lowest BCUT2D eigenvalue weighted by Gasteiger charge is -2.40. The van der Waals surface area contributed by atoms with Crippen LogP contribution in [0.5, 0.6) is 0 Å². The first kappa shape index (κ1) is 32.1. The van der Waals surface area contributed by atoms with Crippen LogP contribution in [0.1, 0.15) is 130 Å². The molecule has 2 aliphatic carbocycles. The highest BCUT2D eigenvalue weighted by Crippen LogP contribution is 2.44. The average molecular weight is 510 g/mol. The molecule has 0 aromatic rings. The highest BCUT2D eigenvalue weighted by atomic mass is 16.5. The van der Waals surface area contributed by atoms with E-state index in [1.807, 2.05) is 27.7 Å². The number of piperidine rings is 1. The second-order valence-corrected chi connectivity index (χ2v) is 12.1. The van der Waals surface area contributed by atoms with Gasteiger partial charge in [0.05, 0.1) is 13.2 Å². The molecule has 4 nitrogen and oxygen atoms in total. The molecular weight excluding hydrogens is 446 g/mol. The van der Waals surface area contributed by atoms with E-state index in [1.54, 1.807) is 0 Å². The largest absolute Gasteiger partial charge is 0.381 e. The monoisotopic (exact) mass is 509 g/mol. The molecule has 0 radical (unpaired) electrons. The van der Waals surface area contributed by atoms with Crippen molar-refractivity contribution in [1.82, 2.24) is 4.90 Å². The summed E-state index contributed by atoms with van der Waals surface area (Å²) in [6.07, 6.45) is 22.6. The molecule has 0 aromatic heterocycles. The van der Waals surface area contributed by atoms with Crippen molar-refractivity contribution in [3.63, 3.8) is 0 Å². The predicted molar refractivity (Wildman–Crippen MR) is 154 cm³/mol. The average Bonchev–Trinajstić information content (AvgIpc) is 3.60. The Kier molecular flexibility index (Phi) is 15.5. The minimum Gasteiger partial charge on any atom is -0.381 e. The highest BCUT2D eigenvalue weighted by molar-refractivity contribution is 4.88. The molecule has 36 heavy (non-hydrogen) atoms. The van der Waals surface area contributed by atoms with Gasteiger partial charge in [0.15, 0.2) is 0 Å². The molecule has 4 aliphatic heterocycles. The summed E-state index contributed by atoms with van der Waals surface area (Å²) in [6.45, 7) is 16.7. The van der Waals surface area contributed by atoms with Crippen molar-refractivity contribution in [2.75, 3.05) is 59.8 Å². The fourth-order valence-electron chi connectivity index (χ4n) is 7.09. The van der Waals surface area contributed by atoms with E-state index in [-0.39, 0.29) is 0 Å². The molecule has 6 rings (SSSR count). The third-order valence-corrected chi connectivity index (χ3v) is 9.80. The molecule has 0 aromatic carbocycles. The van der Waals surface area contributed by atoms with E-state index in [1.165, 1.54) is 116 Å². The van der Waals surface area contributed by atoms with Crippen LogP contribution in [0.2, 0.25) is 0 Å².